The van der Waals surface area contributed by atoms with Gasteiger partial charge < -0.3 is 0 Å². The van der Waals surface area contributed by atoms with E-state index in [9.17, 15) is 13.2 Å². The van der Waals surface area contributed by atoms with Crippen LogP contribution in [0.1, 0.15) is 10.4 Å². The van der Waals surface area contributed by atoms with Crippen LogP contribution in [0, 0.1) is 0 Å². The van der Waals surface area contributed by atoms with Gasteiger partial charge in [0.1, 0.15) is 0 Å². The fourth-order valence-corrected chi connectivity index (χ4v) is 3.93. The Bertz CT molecular complexity index is 979. The van der Waals surface area contributed by atoms with E-state index >= 15 is 0 Å². The van der Waals surface area contributed by atoms with Crippen LogP contribution in [-0.4, -0.2) is 17.6 Å². The van der Waals surface area contributed by atoms with Crippen LogP contribution in [0.3, 0.4) is 0 Å². The van der Waals surface area contributed by atoms with Crippen LogP contribution in [0.25, 0.3) is 10.9 Å². The molecule has 112 valence electrons. The molecule has 0 bridgehead atoms. The lowest BCUT2D eigenvalue weighted by molar-refractivity contribution is 0.108. The molecule has 0 spiro atoms. The lowest BCUT2D eigenvalue weighted by Crippen LogP contribution is -2.11. The highest BCUT2D eigenvalue weighted by atomic mass is 35.5. The molecule has 0 radical (unpaired) electrons. The standard InChI is InChI=1S/C15H9Cl2NO3S/c16-10-6-7-12-13(15(17)19)9-18(14(12)8-10)22(20,21)11-4-2-1-3-5-11/h1-9H. The summed E-state index contributed by atoms with van der Waals surface area (Å²) in [6.45, 7) is 0. The highest BCUT2D eigenvalue weighted by Gasteiger charge is 2.23. The Balaban J connectivity index is 2.36. The number of aromatic nitrogens is 1. The first-order valence-corrected chi connectivity index (χ1v) is 8.42. The number of fused-ring (bicyclic) bond motifs is 1. The molecule has 0 fully saturated rings. The molecule has 4 nitrogen and oxygen atoms in total. The van der Waals surface area contributed by atoms with Crippen LogP contribution >= 0.6 is 23.2 Å². The predicted octanol–water partition coefficient (Wildman–Crippen LogP) is 3.91. The Morgan fingerprint density at radius 2 is 1.73 bits per heavy atom. The van der Waals surface area contributed by atoms with E-state index < -0.39 is 15.3 Å². The van der Waals surface area contributed by atoms with E-state index in [1.54, 1.807) is 30.3 Å². The minimum absolute atomic E-state index is 0.112. The molecule has 0 unspecified atom stereocenters. The zero-order valence-corrected chi connectivity index (χ0v) is 13.4. The number of rotatable bonds is 3. The van der Waals surface area contributed by atoms with Crippen molar-refractivity contribution in [3.8, 4) is 0 Å². The summed E-state index contributed by atoms with van der Waals surface area (Å²) in [7, 11) is -3.85. The lowest BCUT2D eigenvalue weighted by Gasteiger charge is -2.07. The second-order valence-corrected chi connectivity index (χ2v) is 7.19. The Morgan fingerprint density at radius 1 is 1.05 bits per heavy atom. The van der Waals surface area contributed by atoms with Crippen molar-refractivity contribution in [2.45, 2.75) is 4.90 Å². The van der Waals surface area contributed by atoms with E-state index in [0.717, 1.165) is 3.97 Å². The van der Waals surface area contributed by atoms with Gasteiger partial charge in [0.15, 0.2) is 0 Å². The third-order valence-corrected chi connectivity index (χ3v) is 5.37. The number of nitrogens with zero attached hydrogens (tertiary/aromatic N) is 1. The first-order chi connectivity index (χ1) is 10.4. The van der Waals surface area contributed by atoms with Crippen LogP contribution in [-0.2, 0) is 10.0 Å². The largest absolute Gasteiger partial charge is 0.276 e. The van der Waals surface area contributed by atoms with Gasteiger partial charge in [0.05, 0.1) is 16.0 Å². The van der Waals surface area contributed by atoms with Gasteiger partial charge in [-0.15, -0.1) is 0 Å². The lowest BCUT2D eigenvalue weighted by atomic mass is 10.2. The van der Waals surface area contributed by atoms with Crippen molar-refractivity contribution in [3.05, 3.63) is 65.3 Å². The number of carbonyl (C=O) groups is 1. The van der Waals surface area contributed by atoms with Gasteiger partial charge in [-0.2, -0.15) is 0 Å². The fourth-order valence-electron chi connectivity index (χ4n) is 2.23. The Hall–Kier alpha value is -1.82. The summed E-state index contributed by atoms with van der Waals surface area (Å²) in [4.78, 5) is 11.7. The monoisotopic (exact) mass is 353 g/mol. The van der Waals surface area contributed by atoms with Gasteiger partial charge in [-0.1, -0.05) is 35.9 Å². The minimum Gasteiger partial charge on any atom is -0.276 e. The molecule has 0 aliphatic heterocycles. The van der Waals surface area contributed by atoms with E-state index in [1.807, 2.05) is 0 Å². The van der Waals surface area contributed by atoms with Gasteiger partial charge >= 0.3 is 0 Å². The Kier molecular flexibility index (Phi) is 3.72. The second-order valence-electron chi connectivity index (χ2n) is 4.59. The maximum atomic E-state index is 12.8. The predicted molar refractivity (Wildman–Crippen MR) is 86.2 cm³/mol. The van der Waals surface area contributed by atoms with Gasteiger partial charge in [-0.25, -0.2) is 12.4 Å². The van der Waals surface area contributed by atoms with Gasteiger partial charge in [-0.3, -0.25) is 4.79 Å². The molecule has 0 aliphatic rings. The van der Waals surface area contributed by atoms with Crippen LogP contribution in [0.5, 0.6) is 0 Å². The molecule has 1 aromatic heterocycles. The molecule has 3 aromatic rings. The van der Waals surface area contributed by atoms with Gasteiger partial charge in [0.2, 0.25) is 0 Å². The second kappa shape index (κ2) is 5.43. The molecule has 0 atom stereocenters. The van der Waals surface area contributed by atoms with Crippen LogP contribution in [0.15, 0.2) is 59.6 Å². The number of halogens is 2. The molecular formula is C15H9Cl2NO3S. The van der Waals surface area contributed by atoms with Crippen molar-refractivity contribution in [2.75, 3.05) is 0 Å². The summed E-state index contributed by atoms with van der Waals surface area (Å²) in [6, 6.07) is 12.6. The fraction of sp³-hybridized carbons (Fsp3) is 0. The maximum Gasteiger partial charge on any atom is 0.268 e. The van der Waals surface area contributed by atoms with Gasteiger partial charge in [-0.05, 0) is 35.9 Å². The smallest absolute Gasteiger partial charge is 0.268 e. The molecule has 0 aliphatic carbocycles. The van der Waals surface area contributed by atoms with Crippen molar-refractivity contribution in [3.63, 3.8) is 0 Å². The SMILES string of the molecule is O=C(Cl)c1cn(S(=O)(=O)c2ccccc2)c2cc(Cl)ccc12. The Labute approximate surface area is 136 Å². The Morgan fingerprint density at radius 3 is 2.36 bits per heavy atom. The topological polar surface area (TPSA) is 56.1 Å². The molecule has 0 amide bonds. The number of benzene rings is 2. The molecule has 3 rings (SSSR count). The van der Waals surface area contributed by atoms with Crippen LogP contribution in [0.4, 0.5) is 0 Å². The number of hydrogen-bond acceptors (Lipinski definition) is 3. The summed E-state index contributed by atoms with van der Waals surface area (Å²) in [5, 5.41) is 0.0712. The van der Waals surface area contributed by atoms with Crippen LogP contribution in [0.2, 0.25) is 5.02 Å². The molecule has 0 saturated carbocycles. The van der Waals surface area contributed by atoms with Crippen LogP contribution < -0.4 is 0 Å². The third kappa shape index (κ3) is 2.41. The molecule has 22 heavy (non-hydrogen) atoms. The highest BCUT2D eigenvalue weighted by Crippen LogP contribution is 2.29. The number of hydrogen-bond donors (Lipinski definition) is 0. The van der Waals surface area contributed by atoms with Crippen molar-refractivity contribution in [1.82, 2.24) is 3.97 Å². The molecular weight excluding hydrogens is 345 g/mol. The summed E-state index contributed by atoms with van der Waals surface area (Å²) in [6.07, 6.45) is 1.22. The van der Waals surface area contributed by atoms with E-state index in [1.165, 1.54) is 24.4 Å². The van der Waals surface area contributed by atoms with E-state index in [0.29, 0.717) is 15.9 Å². The van der Waals surface area contributed by atoms with Crippen molar-refractivity contribution < 1.29 is 13.2 Å². The third-order valence-electron chi connectivity index (χ3n) is 3.25. The summed E-state index contributed by atoms with van der Waals surface area (Å²) in [5.41, 5.74) is 0.424. The quantitative estimate of drug-likeness (QED) is 0.670. The number of carbonyl (C=O) groups excluding carboxylic acids is 1. The molecule has 2 aromatic carbocycles. The van der Waals surface area contributed by atoms with Crippen molar-refractivity contribution in [1.29, 1.82) is 0 Å². The van der Waals surface area contributed by atoms with E-state index in [4.69, 9.17) is 23.2 Å². The zero-order valence-electron chi connectivity index (χ0n) is 11.0. The highest BCUT2D eigenvalue weighted by molar-refractivity contribution is 7.90. The minimum atomic E-state index is -3.85. The van der Waals surface area contributed by atoms with Gasteiger partial charge in [0.25, 0.3) is 15.3 Å². The zero-order chi connectivity index (χ0) is 15.9. The molecule has 1 heterocycles. The maximum absolute atomic E-state index is 12.8. The first-order valence-electron chi connectivity index (χ1n) is 6.22. The average Bonchev–Trinajstić information content (AvgIpc) is 2.87. The molecule has 0 saturated heterocycles. The average molecular weight is 354 g/mol. The van der Waals surface area contributed by atoms with Gasteiger partial charge in [0, 0.05) is 16.6 Å². The summed E-state index contributed by atoms with van der Waals surface area (Å²) >= 11 is 11.5. The summed E-state index contributed by atoms with van der Waals surface area (Å²) < 4.78 is 26.5. The van der Waals surface area contributed by atoms with E-state index in [-0.39, 0.29) is 10.5 Å². The first kappa shape index (κ1) is 15.1. The molecule has 0 N–H and O–H groups in total. The summed E-state index contributed by atoms with van der Waals surface area (Å²) in [5.74, 6) is 0. The normalized spacial score (nSPS) is 11.7. The van der Waals surface area contributed by atoms with E-state index in [2.05, 4.69) is 0 Å². The van der Waals surface area contributed by atoms with Crippen molar-refractivity contribution >= 4 is 49.4 Å². The van der Waals surface area contributed by atoms with Crippen molar-refractivity contribution in [2.24, 2.45) is 0 Å². The molecule has 7 heteroatoms.